The first-order chi connectivity index (χ1) is 10.4. The first-order valence-corrected chi connectivity index (χ1v) is 7.88. The molecule has 0 spiro atoms. The third kappa shape index (κ3) is 6.58. The maximum Gasteiger partial charge on any atom is -0.0224 e. The molecule has 0 heteroatoms. The van der Waals surface area contributed by atoms with Gasteiger partial charge in [-0.15, -0.1) is 0 Å². The summed E-state index contributed by atoms with van der Waals surface area (Å²) >= 11 is 0. The molecule has 0 heterocycles. The lowest BCUT2D eigenvalue weighted by Crippen LogP contribution is -1.83. The Bertz CT molecular complexity index is 589. The lowest BCUT2D eigenvalue weighted by molar-refractivity contribution is 1.23. The summed E-state index contributed by atoms with van der Waals surface area (Å²) in [5, 5.41) is 0. The molecule has 0 radical (unpaired) electrons. The second-order valence-corrected chi connectivity index (χ2v) is 5.89. The minimum absolute atomic E-state index is 1.05. The summed E-state index contributed by atoms with van der Waals surface area (Å²) in [5.74, 6) is 0. The fourth-order valence-electron chi connectivity index (χ4n) is 2.09. The van der Waals surface area contributed by atoms with Crippen molar-refractivity contribution < 1.29 is 0 Å². The molecule has 2 aromatic rings. The number of rotatable bonds is 3. The molecule has 116 valence electrons. The summed E-state index contributed by atoms with van der Waals surface area (Å²) in [6.45, 7) is 14.4. The summed E-state index contributed by atoms with van der Waals surface area (Å²) in [5.41, 5.74) is 7.74. The van der Waals surface area contributed by atoms with Crippen molar-refractivity contribution in [3.63, 3.8) is 0 Å². The Morgan fingerprint density at radius 1 is 0.818 bits per heavy atom. The molecule has 0 fully saturated rings. The van der Waals surface area contributed by atoms with Crippen LogP contribution < -0.4 is 0 Å². The monoisotopic (exact) mass is 292 g/mol. The number of hydrogen-bond acceptors (Lipinski definition) is 0. The van der Waals surface area contributed by atoms with Gasteiger partial charge in [-0.1, -0.05) is 90.4 Å². The summed E-state index contributed by atoms with van der Waals surface area (Å²) in [7, 11) is 0. The van der Waals surface area contributed by atoms with E-state index in [9.17, 15) is 0 Å². The second kappa shape index (κ2) is 9.04. The van der Waals surface area contributed by atoms with E-state index >= 15 is 0 Å². The molecule has 0 aliphatic carbocycles. The van der Waals surface area contributed by atoms with Gasteiger partial charge in [0.15, 0.2) is 0 Å². The Morgan fingerprint density at radius 2 is 1.18 bits per heavy atom. The Balaban J connectivity index is 0.000000255. The highest BCUT2D eigenvalue weighted by Crippen LogP contribution is 2.19. The highest BCUT2D eigenvalue weighted by Gasteiger charge is 1.98. The predicted molar refractivity (Wildman–Crippen MR) is 100 cm³/mol. The topological polar surface area (TPSA) is 0 Å². The molecular weight excluding hydrogens is 264 g/mol. The van der Waals surface area contributed by atoms with Crippen LogP contribution in [0.4, 0.5) is 0 Å². The van der Waals surface area contributed by atoms with Crippen LogP contribution in [0.2, 0.25) is 0 Å². The average Bonchev–Trinajstić information content (AvgIpc) is 2.49. The maximum atomic E-state index is 3.91. The van der Waals surface area contributed by atoms with Gasteiger partial charge in [-0.3, -0.25) is 0 Å². The Labute approximate surface area is 136 Å². The minimum atomic E-state index is 1.05. The van der Waals surface area contributed by atoms with E-state index in [1.165, 1.54) is 27.8 Å². The van der Waals surface area contributed by atoms with Crippen LogP contribution in [-0.2, 0) is 0 Å². The SMILES string of the molecule is C=C(C)/C=C(\CC)c1ccc(C)cc1.Cc1ccc(C)cc1. The maximum absolute atomic E-state index is 3.91. The van der Waals surface area contributed by atoms with Crippen LogP contribution in [0, 0.1) is 20.8 Å². The summed E-state index contributed by atoms with van der Waals surface area (Å²) in [6, 6.07) is 17.1. The number of benzene rings is 2. The normalized spacial score (nSPS) is 10.7. The lowest BCUT2D eigenvalue weighted by Gasteiger charge is -2.05. The Kier molecular flexibility index (Phi) is 7.39. The van der Waals surface area contributed by atoms with E-state index in [0.717, 1.165) is 12.0 Å². The van der Waals surface area contributed by atoms with E-state index in [4.69, 9.17) is 0 Å². The van der Waals surface area contributed by atoms with Crippen molar-refractivity contribution in [2.24, 2.45) is 0 Å². The van der Waals surface area contributed by atoms with Gasteiger partial charge in [-0.2, -0.15) is 0 Å². The van der Waals surface area contributed by atoms with Crippen LogP contribution in [0.25, 0.3) is 5.57 Å². The minimum Gasteiger partial charge on any atom is -0.0961 e. The van der Waals surface area contributed by atoms with Gasteiger partial charge in [0.05, 0.1) is 0 Å². The van der Waals surface area contributed by atoms with Crippen molar-refractivity contribution in [2.75, 3.05) is 0 Å². The van der Waals surface area contributed by atoms with Crippen LogP contribution in [0.1, 0.15) is 42.5 Å². The largest absolute Gasteiger partial charge is 0.0961 e. The van der Waals surface area contributed by atoms with Gasteiger partial charge in [0.2, 0.25) is 0 Å². The predicted octanol–water partition coefficient (Wildman–Crippen LogP) is 6.67. The van der Waals surface area contributed by atoms with Crippen LogP contribution in [-0.4, -0.2) is 0 Å². The van der Waals surface area contributed by atoms with E-state index in [-0.39, 0.29) is 0 Å². The van der Waals surface area contributed by atoms with Gasteiger partial charge in [0.1, 0.15) is 0 Å². The van der Waals surface area contributed by atoms with E-state index in [2.05, 4.69) is 88.9 Å². The van der Waals surface area contributed by atoms with Gasteiger partial charge in [0, 0.05) is 0 Å². The molecule has 0 nitrogen and oxygen atoms in total. The van der Waals surface area contributed by atoms with Crippen molar-refractivity contribution in [1.82, 2.24) is 0 Å². The number of allylic oxidation sites excluding steroid dienone is 3. The molecule has 0 aromatic heterocycles. The van der Waals surface area contributed by atoms with Gasteiger partial charge in [-0.25, -0.2) is 0 Å². The van der Waals surface area contributed by atoms with Crippen molar-refractivity contribution >= 4 is 5.57 Å². The van der Waals surface area contributed by atoms with Gasteiger partial charge in [-0.05, 0) is 45.3 Å². The second-order valence-electron chi connectivity index (χ2n) is 5.89. The average molecular weight is 292 g/mol. The fraction of sp³-hybridized carbons (Fsp3) is 0.273. The molecular formula is C22H28. The molecule has 0 atom stereocenters. The van der Waals surface area contributed by atoms with Crippen molar-refractivity contribution in [3.8, 4) is 0 Å². The first kappa shape index (κ1) is 18.0. The quantitative estimate of drug-likeness (QED) is 0.554. The van der Waals surface area contributed by atoms with Crippen LogP contribution in [0.5, 0.6) is 0 Å². The number of aryl methyl sites for hydroxylation is 3. The molecule has 0 unspecified atom stereocenters. The van der Waals surface area contributed by atoms with E-state index < -0.39 is 0 Å². The standard InChI is InChI=1S/C14H18.C8H10/c1-5-13(10-11(2)3)14-8-6-12(4)7-9-14;1-7-3-5-8(2)6-4-7/h6-10H,2,5H2,1,3-4H3;3-6H,1-2H3/b13-10+;. The fourth-order valence-corrected chi connectivity index (χ4v) is 2.09. The molecule has 0 saturated carbocycles. The van der Waals surface area contributed by atoms with Crippen LogP contribution in [0.3, 0.4) is 0 Å². The van der Waals surface area contributed by atoms with E-state index in [1.54, 1.807) is 0 Å². The van der Waals surface area contributed by atoms with Gasteiger partial charge < -0.3 is 0 Å². The highest BCUT2D eigenvalue weighted by atomic mass is 14.0. The summed E-state index contributed by atoms with van der Waals surface area (Å²) in [4.78, 5) is 0. The molecule has 0 saturated heterocycles. The number of hydrogen-bond donors (Lipinski definition) is 0. The van der Waals surface area contributed by atoms with Gasteiger partial charge in [0.25, 0.3) is 0 Å². The smallest absolute Gasteiger partial charge is 0.0224 e. The zero-order valence-electron chi connectivity index (χ0n) is 14.6. The molecule has 0 N–H and O–H groups in total. The zero-order valence-corrected chi connectivity index (χ0v) is 14.6. The van der Waals surface area contributed by atoms with Crippen LogP contribution >= 0.6 is 0 Å². The Morgan fingerprint density at radius 3 is 1.50 bits per heavy atom. The van der Waals surface area contributed by atoms with Gasteiger partial charge >= 0.3 is 0 Å². The van der Waals surface area contributed by atoms with Crippen molar-refractivity contribution in [1.29, 1.82) is 0 Å². The molecule has 2 rings (SSSR count). The third-order valence-electron chi connectivity index (χ3n) is 3.44. The molecule has 0 aliphatic heterocycles. The van der Waals surface area contributed by atoms with E-state index in [0.29, 0.717) is 0 Å². The molecule has 22 heavy (non-hydrogen) atoms. The highest BCUT2D eigenvalue weighted by molar-refractivity contribution is 5.67. The van der Waals surface area contributed by atoms with Crippen molar-refractivity contribution in [3.05, 3.63) is 89.0 Å². The molecule has 0 amide bonds. The third-order valence-corrected chi connectivity index (χ3v) is 3.44. The van der Waals surface area contributed by atoms with Crippen molar-refractivity contribution in [2.45, 2.75) is 41.0 Å². The lowest BCUT2D eigenvalue weighted by atomic mass is 10.0. The molecule has 0 bridgehead atoms. The summed E-state index contributed by atoms with van der Waals surface area (Å²) < 4.78 is 0. The summed E-state index contributed by atoms with van der Waals surface area (Å²) in [6.07, 6.45) is 3.21. The Hall–Kier alpha value is -2.08. The van der Waals surface area contributed by atoms with Crippen LogP contribution in [0.15, 0.2) is 66.8 Å². The molecule has 0 aliphatic rings. The first-order valence-electron chi connectivity index (χ1n) is 7.88. The molecule has 2 aromatic carbocycles. The van der Waals surface area contributed by atoms with E-state index in [1.807, 2.05) is 6.92 Å². The zero-order chi connectivity index (χ0) is 16.5.